The Hall–Kier alpha value is -4.12. The van der Waals surface area contributed by atoms with Crippen molar-refractivity contribution in [3.63, 3.8) is 0 Å². The van der Waals surface area contributed by atoms with Gasteiger partial charge in [0.05, 0.1) is 11.6 Å². The molecular formula is C20H15N5O3. The van der Waals surface area contributed by atoms with Gasteiger partial charge in [0.1, 0.15) is 17.8 Å². The van der Waals surface area contributed by atoms with Crippen LogP contribution in [0, 0.1) is 11.3 Å². The molecule has 0 fully saturated rings. The molecule has 0 unspecified atom stereocenters. The lowest BCUT2D eigenvalue weighted by atomic mass is 10.2. The van der Waals surface area contributed by atoms with Crippen LogP contribution in [0.3, 0.4) is 0 Å². The number of amides is 1. The van der Waals surface area contributed by atoms with Crippen LogP contribution in [-0.4, -0.2) is 22.7 Å². The van der Waals surface area contributed by atoms with Gasteiger partial charge >= 0.3 is 0 Å². The number of hydrogen-bond donors (Lipinski definition) is 2. The summed E-state index contributed by atoms with van der Waals surface area (Å²) in [5.41, 5.74) is 2.33. The van der Waals surface area contributed by atoms with Crippen LogP contribution < -0.4 is 20.1 Å². The van der Waals surface area contributed by atoms with Crippen molar-refractivity contribution in [3.8, 4) is 17.6 Å². The Morgan fingerprint density at radius 1 is 1.07 bits per heavy atom. The Morgan fingerprint density at radius 2 is 1.89 bits per heavy atom. The van der Waals surface area contributed by atoms with Crippen molar-refractivity contribution >= 4 is 17.4 Å². The molecule has 0 radical (unpaired) electrons. The highest BCUT2D eigenvalue weighted by Crippen LogP contribution is 2.32. The Kier molecular flexibility index (Phi) is 4.72. The zero-order chi connectivity index (χ0) is 19.3. The van der Waals surface area contributed by atoms with E-state index < -0.39 is 0 Å². The third kappa shape index (κ3) is 3.83. The number of nitriles is 1. The van der Waals surface area contributed by atoms with Crippen molar-refractivity contribution in [2.45, 2.75) is 6.54 Å². The first kappa shape index (κ1) is 17.3. The molecule has 0 aliphatic carbocycles. The second-order valence-electron chi connectivity index (χ2n) is 5.97. The predicted octanol–water partition coefficient (Wildman–Crippen LogP) is 2.94. The van der Waals surface area contributed by atoms with E-state index in [1.807, 2.05) is 24.3 Å². The first-order valence-corrected chi connectivity index (χ1v) is 8.47. The second-order valence-corrected chi connectivity index (χ2v) is 5.97. The van der Waals surface area contributed by atoms with Gasteiger partial charge in [-0.15, -0.1) is 0 Å². The molecule has 2 N–H and O–H groups in total. The molecule has 0 bridgehead atoms. The summed E-state index contributed by atoms with van der Waals surface area (Å²) >= 11 is 0. The fraction of sp³-hybridized carbons (Fsp3) is 0.100. The van der Waals surface area contributed by atoms with E-state index in [4.69, 9.17) is 14.7 Å². The van der Waals surface area contributed by atoms with Crippen LogP contribution in [0.2, 0.25) is 0 Å². The van der Waals surface area contributed by atoms with Crippen molar-refractivity contribution in [1.82, 2.24) is 9.97 Å². The number of fused-ring (bicyclic) bond motifs is 1. The van der Waals surface area contributed by atoms with E-state index in [2.05, 4.69) is 20.6 Å². The summed E-state index contributed by atoms with van der Waals surface area (Å²) in [7, 11) is 0. The number of hydrogen-bond acceptors (Lipinski definition) is 7. The number of carbonyl (C=O) groups is 1. The number of nitrogens with one attached hydrogen (secondary N) is 2. The zero-order valence-electron chi connectivity index (χ0n) is 14.7. The molecule has 1 aliphatic rings. The van der Waals surface area contributed by atoms with E-state index >= 15 is 0 Å². The van der Waals surface area contributed by atoms with Gasteiger partial charge in [0.2, 0.25) is 6.79 Å². The van der Waals surface area contributed by atoms with E-state index in [9.17, 15) is 4.79 Å². The topological polar surface area (TPSA) is 109 Å². The monoisotopic (exact) mass is 373 g/mol. The third-order valence-corrected chi connectivity index (χ3v) is 4.08. The number of ether oxygens (including phenoxy) is 2. The molecular weight excluding hydrogens is 358 g/mol. The minimum absolute atomic E-state index is 0.229. The molecule has 0 saturated carbocycles. The van der Waals surface area contributed by atoms with Gasteiger partial charge in [0.25, 0.3) is 5.91 Å². The van der Waals surface area contributed by atoms with Crippen molar-refractivity contribution in [2.24, 2.45) is 0 Å². The van der Waals surface area contributed by atoms with Gasteiger partial charge in [-0.25, -0.2) is 9.97 Å². The van der Waals surface area contributed by atoms with Crippen LogP contribution in [0.15, 0.2) is 54.9 Å². The second kappa shape index (κ2) is 7.63. The molecule has 0 saturated heterocycles. The molecule has 1 amide bonds. The maximum Gasteiger partial charge on any atom is 0.274 e. The average Bonchev–Trinajstić information content (AvgIpc) is 3.21. The van der Waals surface area contributed by atoms with Crippen molar-refractivity contribution in [1.29, 1.82) is 5.26 Å². The zero-order valence-corrected chi connectivity index (χ0v) is 14.7. The maximum absolute atomic E-state index is 12.4. The van der Waals surface area contributed by atoms with Crippen molar-refractivity contribution in [2.75, 3.05) is 17.4 Å². The lowest BCUT2D eigenvalue weighted by molar-refractivity contribution is 0.102. The quantitative estimate of drug-likeness (QED) is 0.707. The molecule has 138 valence electrons. The third-order valence-electron chi connectivity index (χ3n) is 4.08. The average molecular weight is 373 g/mol. The molecule has 8 nitrogen and oxygen atoms in total. The molecule has 3 aromatic rings. The molecule has 2 heterocycles. The highest BCUT2D eigenvalue weighted by atomic mass is 16.7. The minimum Gasteiger partial charge on any atom is -0.454 e. The number of anilines is 2. The fourth-order valence-electron chi connectivity index (χ4n) is 2.64. The van der Waals surface area contributed by atoms with Gasteiger partial charge in [-0.1, -0.05) is 6.07 Å². The molecule has 1 aromatic heterocycles. The Bertz CT molecular complexity index is 1060. The maximum atomic E-state index is 12.4. The first-order valence-electron chi connectivity index (χ1n) is 8.47. The van der Waals surface area contributed by atoms with Crippen LogP contribution in [0.25, 0.3) is 0 Å². The van der Waals surface area contributed by atoms with Crippen molar-refractivity contribution in [3.05, 3.63) is 71.7 Å². The number of carbonyl (C=O) groups excluding carboxylic acids is 1. The number of nitrogens with zero attached hydrogens (tertiary/aromatic N) is 3. The van der Waals surface area contributed by atoms with E-state index in [0.717, 1.165) is 11.3 Å². The predicted molar refractivity (Wildman–Crippen MR) is 101 cm³/mol. The SMILES string of the molecule is N#Cc1ccc(NC(=O)c2cc(NCc3ccc4c(c3)OCO4)ncn2)cc1. The lowest BCUT2D eigenvalue weighted by Crippen LogP contribution is -2.14. The van der Waals surface area contributed by atoms with Gasteiger partial charge < -0.3 is 20.1 Å². The Morgan fingerprint density at radius 3 is 2.71 bits per heavy atom. The van der Waals surface area contributed by atoms with Crippen LogP contribution in [0.5, 0.6) is 11.5 Å². The van der Waals surface area contributed by atoms with E-state index in [1.165, 1.54) is 6.33 Å². The van der Waals surface area contributed by atoms with Crippen molar-refractivity contribution < 1.29 is 14.3 Å². The molecule has 1 aliphatic heterocycles. The molecule has 8 heteroatoms. The van der Waals surface area contributed by atoms with Gasteiger partial charge in [0, 0.05) is 18.3 Å². The Labute approximate surface area is 160 Å². The van der Waals surface area contributed by atoms with Gasteiger partial charge in [0.15, 0.2) is 11.5 Å². The fourth-order valence-corrected chi connectivity index (χ4v) is 2.64. The highest BCUT2D eigenvalue weighted by molar-refractivity contribution is 6.03. The Balaban J connectivity index is 1.40. The van der Waals surface area contributed by atoms with E-state index in [1.54, 1.807) is 30.3 Å². The largest absolute Gasteiger partial charge is 0.454 e. The van der Waals surface area contributed by atoms with Gasteiger partial charge in [-0.2, -0.15) is 5.26 Å². The summed E-state index contributed by atoms with van der Waals surface area (Å²) in [4.78, 5) is 20.6. The van der Waals surface area contributed by atoms with E-state index in [0.29, 0.717) is 29.4 Å². The van der Waals surface area contributed by atoms with Crippen LogP contribution in [0.4, 0.5) is 11.5 Å². The van der Waals surface area contributed by atoms with Crippen LogP contribution in [-0.2, 0) is 6.54 Å². The summed E-state index contributed by atoms with van der Waals surface area (Å²) < 4.78 is 10.7. The smallest absolute Gasteiger partial charge is 0.274 e. The lowest BCUT2D eigenvalue weighted by Gasteiger charge is -2.08. The number of benzene rings is 2. The summed E-state index contributed by atoms with van der Waals surface area (Å²) in [5, 5.41) is 14.7. The minimum atomic E-state index is -0.363. The molecule has 0 spiro atoms. The summed E-state index contributed by atoms with van der Waals surface area (Å²) in [6.45, 7) is 0.736. The van der Waals surface area contributed by atoms with Crippen LogP contribution in [0.1, 0.15) is 21.6 Å². The van der Waals surface area contributed by atoms with Crippen LogP contribution >= 0.6 is 0 Å². The summed E-state index contributed by atoms with van der Waals surface area (Å²) in [6.07, 6.45) is 1.33. The standard InChI is InChI=1S/C20H15N5O3/c21-9-13-1-4-15(5-2-13)25-20(26)16-8-19(24-11-23-16)22-10-14-3-6-17-18(7-14)28-12-27-17/h1-8,11H,10,12H2,(H,25,26)(H,22,23,24). The molecule has 0 atom stereocenters. The highest BCUT2D eigenvalue weighted by Gasteiger charge is 2.13. The van der Waals surface area contributed by atoms with Gasteiger partial charge in [-0.05, 0) is 42.0 Å². The van der Waals surface area contributed by atoms with Gasteiger partial charge in [-0.3, -0.25) is 4.79 Å². The van der Waals surface area contributed by atoms with E-state index in [-0.39, 0.29) is 18.4 Å². The number of aromatic nitrogens is 2. The molecule has 28 heavy (non-hydrogen) atoms. The first-order chi connectivity index (χ1) is 13.7. The molecule has 2 aromatic carbocycles. The summed E-state index contributed by atoms with van der Waals surface area (Å²) in [6, 6.07) is 15.9. The number of rotatable bonds is 5. The summed E-state index contributed by atoms with van der Waals surface area (Å²) in [5.74, 6) is 1.60. The normalized spacial score (nSPS) is 11.5. The molecule has 4 rings (SSSR count).